The minimum atomic E-state index is -0.203. The van der Waals surface area contributed by atoms with Gasteiger partial charge < -0.3 is 0 Å². The molecule has 6 heterocycles. The molecular weight excluding hydrogens is 657 g/mol. The lowest BCUT2D eigenvalue weighted by molar-refractivity contribution is -0.793. The molecule has 7 aromatic rings. The Labute approximate surface area is 311 Å². The van der Waals surface area contributed by atoms with E-state index >= 15 is 0 Å². The summed E-state index contributed by atoms with van der Waals surface area (Å²) in [6, 6.07) is 25.5. The zero-order valence-electron chi connectivity index (χ0n) is 31.7. The molecule has 1 saturated carbocycles. The van der Waals surface area contributed by atoms with Crippen LogP contribution in [0.15, 0.2) is 85.3 Å². The van der Waals surface area contributed by atoms with Crippen molar-refractivity contribution in [3.05, 3.63) is 102 Å². The molecule has 7 heteroatoms. The van der Waals surface area contributed by atoms with Crippen molar-refractivity contribution in [1.29, 1.82) is 0 Å². The van der Waals surface area contributed by atoms with Gasteiger partial charge in [0.05, 0.1) is 24.4 Å². The normalized spacial score (nSPS) is 20.9. The van der Waals surface area contributed by atoms with Crippen LogP contribution < -0.4 is 9.13 Å². The molecule has 0 N–H and O–H groups in total. The van der Waals surface area contributed by atoms with Crippen molar-refractivity contribution in [3.63, 3.8) is 0 Å². The van der Waals surface area contributed by atoms with E-state index in [-0.39, 0.29) is 22.4 Å². The van der Waals surface area contributed by atoms with Crippen LogP contribution in [0.4, 0.5) is 0 Å². The fourth-order valence-electron chi connectivity index (χ4n) is 10.2. The van der Waals surface area contributed by atoms with Crippen molar-refractivity contribution in [2.75, 3.05) is 0 Å². The maximum Gasteiger partial charge on any atom is 0.349 e. The number of aromatic nitrogens is 6. The van der Waals surface area contributed by atoms with E-state index in [2.05, 4.69) is 135 Å². The van der Waals surface area contributed by atoms with Gasteiger partial charge in [0.15, 0.2) is 23.4 Å². The summed E-state index contributed by atoms with van der Waals surface area (Å²) in [5, 5.41) is 8.32. The van der Waals surface area contributed by atoms with Crippen molar-refractivity contribution < 1.29 is 9.13 Å². The Kier molecular flexibility index (Phi) is 7.71. The first-order chi connectivity index (χ1) is 25.2. The molecule has 3 atom stereocenters. The number of thiophene rings is 1. The molecule has 3 unspecified atom stereocenters. The van der Waals surface area contributed by atoms with Gasteiger partial charge in [0.2, 0.25) is 5.69 Å². The van der Waals surface area contributed by atoms with Crippen molar-refractivity contribution in [1.82, 2.24) is 19.7 Å². The number of nitrogens with zero attached hydrogens (tertiary/aromatic N) is 6. The van der Waals surface area contributed by atoms with Crippen LogP contribution in [0.2, 0.25) is 0 Å². The molecule has 1 aliphatic carbocycles. The predicted molar refractivity (Wildman–Crippen MR) is 213 cm³/mol. The summed E-state index contributed by atoms with van der Waals surface area (Å²) in [7, 11) is 0. The van der Waals surface area contributed by atoms with Crippen molar-refractivity contribution in [2.24, 2.45) is 0 Å². The van der Waals surface area contributed by atoms with Crippen LogP contribution >= 0.6 is 11.3 Å². The van der Waals surface area contributed by atoms with Crippen LogP contribution in [0.25, 0.3) is 54.0 Å². The highest BCUT2D eigenvalue weighted by Crippen LogP contribution is 2.66. The summed E-state index contributed by atoms with van der Waals surface area (Å²) < 4.78 is 10.3. The first kappa shape index (κ1) is 33.4. The molecule has 5 aromatic heterocycles. The maximum atomic E-state index is 5.51. The van der Waals surface area contributed by atoms with E-state index in [4.69, 9.17) is 15.1 Å². The minimum absolute atomic E-state index is 0.0426. The monoisotopic (exact) mass is 706 g/mol. The molecule has 0 amide bonds. The van der Waals surface area contributed by atoms with Crippen molar-refractivity contribution in [2.45, 2.75) is 116 Å². The molecule has 1 fully saturated rings. The molecule has 1 aliphatic heterocycles. The summed E-state index contributed by atoms with van der Waals surface area (Å²) in [5.74, 6) is 0.270. The van der Waals surface area contributed by atoms with Crippen molar-refractivity contribution in [3.8, 4) is 22.6 Å². The molecule has 9 rings (SSSR count). The SMILES string of the molecule is CCCCc1cccc2sc3c(-c4ccc5nccnc5[n+]4CC)c(C4CC5(CC)n6nc(C(C)(C)C)cc6-c6cccc[n+]6C45CC)ccc3c12. The van der Waals surface area contributed by atoms with Crippen LogP contribution in [-0.2, 0) is 29.5 Å². The Bertz CT molecular complexity index is 2520. The molecule has 0 bridgehead atoms. The third kappa shape index (κ3) is 4.38. The highest BCUT2D eigenvalue weighted by atomic mass is 32.1. The minimum Gasteiger partial charge on any atom is -0.245 e. The van der Waals surface area contributed by atoms with Crippen LogP contribution in [-0.4, -0.2) is 19.7 Å². The van der Waals surface area contributed by atoms with Gasteiger partial charge >= 0.3 is 5.65 Å². The predicted octanol–water partition coefficient (Wildman–Crippen LogP) is 10.2. The number of rotatable bonds is 8. The van der Waals surface area contributed by atoms with Gasteiger partial charge in [0.1, 0.15) is 16.9 Å². The topological polar surface area (TPSA) is 51.4 Å². The van der Waals surface area contributed by atoms with E-state index in [9.17, 15) is 0 Å². The van der Waals surface area contributed by atoms with Gasteiger partial charge in [-0.1, -0.05) is 72.2 Å². The highest BCUT2D eigenvalue weighted by Gasteiger charge is 2.75. The van der Waals surface area contributed by atoms with Crippen LogP contribution in [0.3, 0.4) is 0 Å². The fourth-order valence-corrected chi connectivity index (χ4v) is 11.5. The lowest BCUT2D eigenvalue weighted by Gasteiger charge is -2.61. The number of hydrogen-bond acceptors (Lipinski definition) is 4. The van der Waals surface area contributed by atoms with Gasteiger partial charge in [-0.25, -0.2) is 14.2 Å². The molecule has 2 aliphatic rings. The van der Waals surface area contributed by atoms with E-state index in [1.54, 1.807) is 6.20 Å². The molecule has 2 aromatic carbocycles. The third-order valence-corrected chi connectivity index (χ3v) is 13.9. The van der Waals surface area contributed by atoms with Crippen molar-refractivity contribution >= 4 is 42.7 Å². The average Bonchev–Trinajstić information content (AvgIpc) is 3.77. The molecular formula is C45H50N6S+2. The summed E-state index contributed by atoms with van der Waals surface area (Å²) in [6.45, 7) is 17.0. The lowest BCUT2D eigenvalue weighted by Crippen LogP contribution is -2.81. The number of fused-ring (bicyclic) bond motifs is 10. The van der Waals surface area contributed by atoms with Gasteiger partial charge in [-0.15, -0.1) is 11.3 Å². The highest BCUT2D eigenvalue weighted by molar-refractivity contribution is 7.26. The van der Waals surface area contributed by atoms with E-state index in [0.717, 1.165) is 49.1 Å². The molecule has 0 saturated heterocycles. The smallest absolute Gasteiger partial charge is 0.245 e. The second kappa shape index (κ2) is 12.0. The number of pyridine rings is 2. The Morgan fingerprint density at radius 3 is 2.52 bits per heavy atom. The summed E-state index contributed by atoms with van der Waals surface area (Å²) in [4.78, 5) is 9.62. The van der Waals surface area contributed by atoms with Crippen LogP contribution in [0.5, 0.6) is 0 Å². The Morgan fingerprint density at radius 2 is 1.75 bits per heavy atom. The van der Waals surface area contributed by atoms with Gasteiger partial charge in [0, 0.05) is 49.7 Å². The Balaban J connectivity index is 1.36. The summed E-state index contributed by atoms with van der Waals surface area (Å²) in [5.41, 5.74) is 10.6. The lowest BCUT2D eigenvalue weighted by atomic mass is 9.47. The summed E-state index contributed by atoms with van der Waals surface area (Å²) >= 11 is 1.97. The quantitative estimate of drug-likeness (QED) is 0.148. The Morgan fingerprint density at radius 1 is 0.904 bits per heavy atom. The van der Waals surface area contributed by atoms with Gasteiger partial charge in [0.25, 0.3) is 0 Å². The average molecular weight is 707 g/mol. The third-order valence-electron chi connectivity index (χ3n) is 12.7. The largest absolute Gasteiger partial charge is 0.349 e. The second-order valence-corrected chi connectivity index (χ2v) is 17.1. The van der Waals surface area contributed by atoms with Gasteiger partial charge in [-0.2, -0.15) is 9.67 Å². The number of hydrogen-bond donors (Lipinski definition) is 0. The first-order valence-corrected chi connectivity index (χ1v) is 20.3. The standard InChI is InChI=1S/C45H50N6S/c1-8-12-16-29-17-15-19-37-39(29)31-21-20-30(40(41(31)52-37)35-23-22-33-42(49(35)11-4)47-25-24-46-33)32-28-44(9-2)45(32,10-3)50-26-14-13-18-34(50)36-27-38(43(5,6)7)48-51(36)44/h13-15,17-27,32H,8-12,16,28H2,1-7H3/q+2. The zero-order valence-corrected chi connectivity index (χ0v) is 32.5. The molecule has 52 heavy (non-hydrogen) atoms. The zero-order chi connectivity index (χ0) is 36.0. The second-order valence-electron chi connectivity index (χ2n) is 16.1. The molecule has 0 spiro atoms. The maximum absolute atomic E-state index is 5.51. The molecule has 0 radical (unpaired) electrons. The fraction of sp³-hybridized carbons (Fsp3) is 0.400. The molecule has 6 nitrogen and oxygen atoms in total. The van der Waals surface area contributed by atoms with E-state index in [0.29, 0.717) is 0 Å². The van der Waals surface area contributed by atoms with E-state index < -0.39 is 0 Å². The summed E-state index contributed by atoms with van der Waals surface area (Å²) in [6.07, 6.45) is 12.5. The van der Waals surface area contributed by atoms with E-state index in [1.807, 2.05) is 17.5 Å². The van der Waals surface area contributed by atoms with Crippen LogP contribution in [0.1, 0.15) is 103 Å². The first-order valence-electron chi connectivity index (χ1n) is 19.5. The number of benzene rings is 2. The van der Waals surface area contributed by atoms with E-state index in [1.165, 1.54) is 66.8 Å². The Hall–Kier alpha value is -4.49. The van der Waals surface area contributed by atoms with Gasteiger partial charge in [-0.05, 0) is 79.0 Å². The number of aryl methyl sites for hydroxylation is 2. The van der Waals surface area contributed by atoms with Gasteiger partial charge in [-0.3, -0.25) is 0 Å². The number of unbranched alkanes of at least 4 members (excludes halogenated alkanes) is 1. The van der Waals surface area contributed by atoms with Crippen LogP contribution in [0, 0.1) is 0 Å². The molecule has 264 valence electrons.